The number of amides is 2. The molecule has 0 saturated carbocycles. The summed E-state index contributed by atoms with van der Waals surface area (Å²) in [6, 6.07) is 9.60. The first-order valence-corrected chi connectivity index (χ1v) is 12.8. The van der Waals surface area contributed by atoms with Crippen molar-refractivity contribution in [2.45, 2.75) is 18.6 Å². The number of rotatable bonds is 4. The lowest BCUT2D eigenvalue weighted by Gasteiger charge is -2.31. The zero-order valence-corrected chi connectivity index (χ0v) is 21.4. The standard InChI is InChI=1S/C27H21ClF4N6O2/c28-20-3-2-17(29)8-18(20)24-23-19(26(40)37-24)6-14(13-1-4-22-34-12-35-38(22)11-13)7-21(23)36-25(39)15-5-16(10-33-9-15)27(30,31)32/h1-4,6-8,11-12,15-16,24,33H,5,9-10H2,(H,36,39)(H,37,40). The minimum absolute atomic E-state index is 0.0690. The molecule has 1 saturated heterocycles. The molecule has 0 radical (unpaired) electrons. The van der Waals surface area contributed by atoms with Crippen LogP contribution in [-0.4, -0.2) is 45.7 Å². The summed E-state index contributed by atoms with van der Waals surface area (Å²) >= 11 is 6.37. The smallest absolute Gasteiger partial charge is 0.341 e. The zero-order valence-electron chi connectivity index (χ0n) is 20.6. The normalized spacial score (nSPS) is 20.8. The molecule has 2 aromatic heterocycles. The van der Waals surface area contributed by atoms with Crippen LogP contribution in [0, 0.1) is 17.7 Å². The molecule has 4 aromatic rings. The summed E-state index contributed by atoms with van der Waals surface area (Å²) in [7, 11) is 0. The molecule has 4 heterocycles. The minimum Gasteiger partial charge on any atom is -0.341 e. The molecule has 2 aromatic carbocycles. The van der Waals surface area contributed by atoms with E-state index < -0.39 is 41.7 Å². The van der Waals surface area contributed by atoms with E-state index in [0.717, 1.165) is 0 Å². The predicted octanol–water partition coefficient (Wildman–Crippen LogP) is 4.75. The molecular weight excluding hydrogens is 552 g/mol. The van der Waals surface area contributed by atoms with Gasteiger partial charge in [0.15, 0.2) is 5.65 Å². The Hall–Kier alpha value is -4.03. The van der Waals surface area contributed by atoms with E-state index in [1.165, 1.54) is 24.5 Å². The van der Waals surface area contributed by atoms with Gasteiger partial charge in [0, 0.05) is 52.3 Å². The van der Waals surface area contributed by atoms with Crippen LogP contribution >= 0.6 is 11.6 Å². The third-order valence-corrected chi connectivity index (χ3v) is 7.65. The SMILES string of the molecule is O=C1NC(c2cc(F)ccc2Cl)c2c(NC(=O)C3CNCC(C(F)(F)F)C3)cc(-c3ccc4ncnn4c3)cc21. The van der Waals surface area contributed by atoms with Gasteiger partial charge in [0.05, 0.1) is 17.9 Å². The van der Waals surface area contributed by atoms with Crippen LogP contribution in [0.25, 0.3) is 16.8 Å². The van der Waals surface area contributed by atoms with Gasteiger partial charge in [0.2, 0.25) is 5.91 Å². The predicted molar refractivity (Wildman–Crippen MR) is 138 cm³/mol. The lowest BCUT2D eigenvalue weighted by Crippen LogP contribution is -2.46. The molecule has 40 heavy (non-hydrogen) atoms. The third kappa shape index (κ3) is 4.77. The van der Waals surface area contributed by atoms with E-state index in [1.807, 2.05) is 0 Å². The minimum atomic E-state index is -4.44. The van der Waals surface area contributed by atoms with Crippen LogP contribution in [0.4, 0.5) is 23.2 Å². The number of alkyl halides is 3. The number of halogens is 5. The average Bonchev–Trinajstić information content (AvgIpc) is 3.53. The molecule has 0 spiro atoms. The van der Waals surface area contributed by atoms with Crippen molar-refractivity contribution >= 4 is 34.7 Å². The lowest BCUT2D eigenvalue weighted by atomic mass is 9.88. The quantitative estimate of drug-likeness (QED) is 0.307. The third-order valence-electron chi connectivity index (χ3n) is 7.31. The fourth-order valence-electron chi connectivity index (χ4n) is 5.29. The summed E-state index contributed by atoms with van der Waals surface area (Å²) in [4.78, 5) is 30.6. The van der Waals surface area contributed by atoms with Gasteiger partial charge in [0.25, 0.3) is 5.91 Å². The maximum atomic E-state index is 14.2. The zero-order chi connectivity index (χ0) is 28.2. The molecule has 13 heteroatoms. The summed E-state index contributed by atoms with van der Waals surface area (Å²) in [6.07, 6.45) is -1.73. The van der Waals surface area contributed by atoms with E-state index in [0.29, 0.717) is 22.3 Å². The molecule has 3 unspecified atom stereocenters. The fraction of sp³-hybridized carbons (Fsp3) is 0.259. The molecular formula is C27H21ClF4N6O2. The van der Waals surface area contributed by atoms with E-state index >= 15 is 0 Å². The highest BCUT2D eigenvalue weighted by Crippen LogP contribution is 2.42. The summed E-state index contributed by atoms with van der Waals surface area (Å²) in [5.74, 6) is -4.30. The van der Waals surface area contributed by atoms with Gasteiger partial charge in [0.1, 0.15) is 12.1 Å². The molecule has 2 aliphatic rings. The van der Waals surface area contributed by atoms with Gasteiger partial charge in [-0.05, 0) is 54.4 Å². The highest BCUT2D eigenvalue weighted by atomic mass is 35.5. The Kier molecular flexibility index (Phi) is 6.46. The molecule has 3 atom stereocenters. The van der Waals surface area contributed by atoms with Crippen LogP contribution in [0.3, 0.4) is 0 Å². The van der Waals surface area contributed by atoms with Crippen LogP contribution in [0.15, 0.2) is 55.0 Å². The van der Waals surface area contributed by atoms with Crippen LogP contribution in [-0.2, 0) is 4.79 Å². The maximum absolute atomic E-state index is 14.2. The van der Waals surface area contributed by atoms with Crippen molar-refractivity contribution in [3.63, 3.8) is 0 Å². The largest absolute Gasteiger partial charge is 0.393 e. The first-order chi connectivity index (χ1) is 19.1. The van der Waals surface area contributed by atoms with Crippen molar-refractivity contribution in [1.29, 1.82) is 0 Å². The van der Waals surface area contributed by atoms with Gasteiger partial charge in [-0.25, -0.2) is 13.9 Å². The summed E-state index contributed by atoms with van der Waals surface area (Å²) < 4.78 is 55.9. The number of anilines is 1. The first kappa shape index (κ1) is 26.2. The molecule has 0 aliphatic carbocycles. The molecule has 1 fully saturated rings. The topological polar surface area (TPSA) is 100 Å². The number of carbonyl (C=O) groups excluding carboxylic acids is 2. The molecule has 0 bridgehead atoms. The number of piperidine rings is 1. The van der Waals surface area contributed by atoms with E-state index in [9.17, 15) is 27.2 Å². The van der Waals surface area contributed by atoms with Crippen LogP contribution < -0.4 is 16.0 Å². The van der Waals surface area contributed by atoms with Gasteiger partial charge in [-0.1, -0.05) is 11.6 Å². The Bertz CT molecular complexity index is 1660. The van der Waals surface area contributed by atoms with Gasteiger partial charge < -0.3 is 16.0 Å². The van der Waals surface area contributed by atoms with Crippen molar-refractivity contribution in [3.8, 4) is 11.1 Å². The van der Waals surface area contributed by atoms with Crippen molar-refractivity contribution in [2.75, 3.05) is 18.4 Å². The first-order valence-electron chi connectivity index (χ1n) is 12.4. The number of carbonyl (C=O) groups is 2. The fourth-order valence-corrected chi connectivity index (χ4v) is 5.51. The van der Waals surface area contributed by atoms with Crippen LogP contribution in [0.2, 0.25) is 5.02 Å². The monoisotopic (exact) mass is 572 g/mol. The van der Waals surface area contributed by atoms with Crippen LogP contribution in [0.5, 0.6) is 0 Å². The molecule has 8 nitrogen and oxygen atoms in total. The van der Waals surface area contributed by atoms with Crippen molar-refractivity contribution < 1.29 is 27.2 Å². The molecule has 6 rings (SSSR count). The van der Waals surface area contributed by atoms with E-state index in [1.54, 1.807) is 35.0 Å². The van der Waals surface area contributed by atoms with E-state index in [4.69, 9.17) is 11.6 Å². The number of fused-ring (bicyclic) bond motifs is 2. The number of benzene rings is 2. The van der Waals surface area contributed by atoms with Crippen molar-refractivity contribution in [2.24, 2.45) is 11.8 Å². The number of aromatic nitrogens is 3. The van der Waals surface area contributed by atoms with E-state index in [2.05, 4.69) is 26.0 Å². The number of nitrogens with zero attached hydrogens (tertiary/aromatic N) is 3. The Morgan fingerprint density at radius 2 is 1.93 bits per heavy atom. The number of hydrogen-bond acceptors (Lipinski definition) is 5. The molecule has 3 N–H and O–H groups in total. The summed E-state index contributed by atoms with van der Waals surface area (Å²) in [5, 5.41) is 12.6. The van der Waals surface area contributed by atoms with Crippen LogP contribution in [0.1, 0.15) is 33.9 Å². The van der Waals surface area contributed by atoms with E-state index in [-0.39, 0.29) is 41.3 Å². The second-order valence-corrected chi connectivity index (χ2v) is 10.3. The van der Waals surface area contributed by atoms with Crippen molar-refractivity contribution in [1.82, 2.24) is 25.2 Å². The highest BCUT2D eigenvalue weighted by molar-refractivity contribution is 6.31. The molecule has 2 amide bonds. The highest BCUT2D eigenvalue weighted by Gasteiger charge is 2.44. The van der Waals surface area contributed by atoms with Gasteiger partial charge in [-0.2, -0.15) is 18.3 Å². The number of hydrogen-bond donors (Lipinski definition) is 3. The molecule has 2 aliphatic heterocycles. The molecule has 206 valence electrons. The number of pyridine rings is 1. The Labute approximate surface area is 229 Å². The average molecular weight is 573 g/mol. The summed E-state index contributed by atoms with van der Waals surface area (Å²) in [6.45, 7) is -0.193. The summed E-state index contributed by atoms with van der Waals surface area (Å²) in [5.41, 5.74) is 2.82. The maximum Gasteiger partial charge on any atom is 0.393 e. The second-order valence-electron chi connectivity index (χ2n) is 9.86. The van der Waals surface area contributed by atoms with Gasteiger partial charge >= 0.3 is 6.18 Å². The Balaban J connectivity index is 1.44. The second kappa shape index (κ2) is 9.86. The lowest BCUT2D eigenvalue weighted by molar-refractivity contribution is -0.181. The van der Waals surface area contributed by atoms with Gasteiger partial charge in [-0.15, -0.1) is 0 Å². The van der Waals surface area contributed by atoms with Crippen molar-refractivity contribution in [3.05, 3.63) is 82.5 Å². The Morgan fingerprint density at radius 1 is 1.10 bits per heavy atom. The number of nitrogens with one attached hydrogen (secondary N) is 3. The Morgan fingerprint density at radius 3 is 2.73 bits per heavy atom. The van der Waals surface area contributed by atoms with Gasteiger partial charge in [-0.3, -0.25) is 9.59 Å².